The second-order valence-electron chi connectivity index (χ2n) is 13.3. The molecule has 0 aliphatic heterocycles. The molecule has 5 unspecified atom stereocenters. The van der Waals surface area contributed by atoms with Gasteiger partial charge in [0.25, 0.3) is 0 Å². The van der Waals surface area contributed by atoms with Crippen molar-refractivity contribution in [1.29, 1.82) is 0 Å². The molecule has 0 spiro atoms. The maximum absolute atomic E-state index is 2.62. The smallest absolute Gasteiger partial charge is 0.0190 e. The molecule has 2 rings (SSSR count). The van der Waals surface area contributed by atoms with Crippen molar-refractivity contribution in [2.24, 2.45) is 29.6 Å². The van der Waals surface area contributed by atoms with E-state index in [0.717, 1.165) is 29.6 Å². The zero-order valence-corrected chi connectivity index (χ0v) is 25.2. The molecule has 1 aromatic rings. The molecule has 0 aromatic heterocycles. The summed E-state index contributed by atoms with van der Waals surface area (Å²) in [5, 5.41) is 0. The second kappa shape index (κ2) is 15.3. The van der Waals surface area contributed by atoms with Gasteiger partial charge in [0.15, 0.2) is 0 Å². The molecule has 1 aliphatic rings. The Morgan fingerprint density at radius 1 is 0.800 bits per heavy atom. The molecule has 1 aromatic carbocycles. The summed E-state index contributed by atoms with van der Waals surface area (Å²) in [6.07, 6.45) is 16.0. The van der Waals surface area contributed by atoms with E-state index in [2.05, 4.69) is 80.5 Å². The largest absolute Gasteiger partial charge is 0.0738 e. The van der Waals surface area contributed by atoms with Crippen LogP contribution in [0.3, 0.4) is 0 Å². The van der Waals surface area contributed by atoms with Crippen molar-refractivity contribution >= 4 is 0 Å². The Hall–Kier alpha value is -1.04. The number of hydrogen-bond donors (Lipinski definition) is 0. The van der Waals surface area contributed by atoms with Gasteiger partial charge in [-0.25, -0.2) is 0 Å². The Bertz CT molecular complexity index is 760. The van der Waals surface area contributed by atoms with E-state index in [1.807, 2.05) is 0 Å². The first-order valence-corrected chi connectivity index (χ1v) is 15.4. The van der Waals surface area contributed by atoms with E-state index >= 15 is 0 Å². The van der Waals surface area contributed by atoms with Crippen LogP contribution >= 0.6 is 0 Å². The van der Waals surface area contributed by atoms with Crippen LogP contribution in [-0.2, 0) is 12.8 Å². The van der Waals surface area contributed by atoms with Gasteiger partial charge in [0.2, 0.25) is 0 Å². The van der Waals surface area contributed by atoms with Crippen LogP contribution in [0.25, 0.3) is 0 Å². The quantitative estimate of drug-likeness (QED) is 0.163. The van der Waals surface area contributed by atoms with Crippen LogP contribution in [0.15, 0.2) is 29.3 Å². The average molecular weight is 481 g/mol. The van der Waals surface area contributed by atoms with Crippen molar-refractivity contribution in [2.75, 3.05) is 0 Å². The minimum atomic E-state index is 0.672. The van der Waals surface area contributed by atoms with Gasteiger partial charge in [0, 0.05) is 0 Å². The summed E-state index contributed by atoms with van der Waals surface area (Å²) < 4.78 is 0. The zero-order valence-electron chi connectivity index (χ0n) is 25.2. The van der Waals surface area contributed by atoms with Crippen LogP contribution in [0.5, 0.6) is 0 Å². The SMILES string of the molecule is CCC(C)CC(C)Cc1ccc(C(C)CCCCC(C)C)cc1CC(C)C(C)CC(C)=C1CCC1. The van der Waals surface area contributed by atoms with E-state index in [1.54, 1.807) is 27.8 Å². The van der Waals surface area contributed by atoms with Crippen molar-refractivity contribution in [3.05, 3.63) is 46.0 Å². The fourth-order valence-corrected chi connectivity index (χ4v) is 5.98. The summed E-state index contributed by atoms with van der Waals surface area (Å²) in [7, 11) is 0. The van der Waals surface area contributed by atoms with E-state index in [1.165, 1.54) is 77.0 Å². The Balaban J connectivity index is 2.13. The molecule has 0 saturated heterocycles. The van der Waals surface area contributed by atoms with Crippen molar-refractivity contribution in [1.82, 2.24) is 0 Å². The molecule has 1 fully saturated rings. The lowest BCUT2D eigenvalue weighted by atomic mass is 9.79. The van der Waals surface area contributed by atoms with Gasteiger partial charge in [-0.3, -0.25) is 0 Å². The molecule has 0 nitrogen and oxygen atoms in total. The van der Waals surface area contributed by atoms with Crippen LogP contribution in [0.4, 0.5) is 0 Å². The first-order chi connectivity index (χ1) is 16.6. The number of unbranched alkanes of at least 4 members (excludes halogenated alkanes) is 1. The Morgan fingerprint density at radius 2 is 1.49 bits per heavy atom. The third-order valence-corrected chi connectivity index (χ3v) is 9.24. The molecule has 1 saturated carbocycles. The molecule has 35 heavy (non-hydrogen) atoms. The standard InChI is InChI=1S/C35H60/c1-10-26(4)20-27(5)21-34-19-18-33(28(6)15-12-11-14-25(2)3)24-35(34)23-30(8)29(7)22-31(9)32-16-13-17-32/h18-19,24-30H,10-17,20-23H2,1-9H3. The number of allylic oxidation sites excluding steroid dienone is 2. The molecule has 200 valence electrons. The van der Waals surface area contributed by atoms with E-state index in [9.17, 15) is 0 Å². The van der Waals surface area contributed by atoms with Crippen molar-refractivity contribution in [2.45, 2.75) is 145 Å². The third kappa shape index (κ3) is 10.5. The van der Waals surface area contributed by atoms with Gasteiger partial charge in [-0.05, 0) is 110 Å². The van der Waals surface area contributed by atoms with Crippen molar-refractivity contribution in [3.8, 4) is 0 Å². The number of hydrogen-bond acceptors (Lipinski definition) is 0. The topological polar surface area (TPSA) is 0 Å². The predicted octanol–water partition coefficient (Wildman–Crippen LogP) is 11.3. The fourth-order valence-electron chi connectivity index (χ4n) is 5.98. The minimum Gasteiger partial charge on any atom is -0.0738 e. The highest BCUT2D eigenvalue weighted by atomic mass is 14.3. The molecular weight excluding hydrogens is 420 g/mol. The van der Waals surface area contributed by atoms with Crippen LogP contribution in [-0.4, -0.2) is 0 Å². The van der Waals surface area contributed by atoms with Crippen LogP contribution in [0.2, 0.25) is 0 Å². The maximum Gasteiger partial charge on any atom is -0.0190 e. The number of benzene rings is 1. The monoisotopic (exact) mass is 480 g/mol. The summed E-state index contributed by atoms with van der Waals surface area (Å²) >= 11 is 0. The highest BCUT2D eigenvalue weighted by molar-refractivity contribution is 5.34. The minimum absolute atomic E-state index is 0.672. The maximum atomic E-state index is 2.62. The normalized spacial score (nSPS) is 18.2. The molecule has 5 atom stereocenters. The highest BCUT2D eigenvalue weighted by Gasteiger charge is 2.20. The van der Waals surface area contributed by atoms with Gasteiger partial charge in [-0.15, -0.1) is 0 Å². The molecule has 0 N–H and O–H groups in total. The predicted molar refractivity (Wildman–Crippen MR) is 158 cm³/mol. The summed E-state index contributed by atoms with van der Waals surface area (Å²) in [4.78, 5) is 0. The van der Waals surface area contributed by atoms with Crippen LogP contribution in [0.1, 0.15) is 149 Å². The Labute approximate surface area is 220 Å². The lowest BCUT2D eigenvalue weighted by Crippen LogP contribution is -2.15. The van der Waals surface area contributed by atoms with Gasteiger partial charge < -0.3 is 0 Å². The third-order valence-electron chi connectivity index (χ3n) is 9.24. The average Bonchev–Trinajstić information content (AvgIpc) is 2.75. The summed E-state index contributed by atoms with van der Waals surface area (Å²) in [6, 6.07) is 7.61. The van der Waals surface area contributed by atoms with Gasteiger partial charge in [0.05, 0.1) is 0 Å². The van der Waals surface area contributed by atoms with Gasteiger partial charge in [-0.1, -0.05) is 110 Å². The van der Waals surface area contributed by atoms with Gasteiger partial charge in [-0.2, -0.15) is 0 Å². The molecule has 0 radical (unpaired) electrons. The summed E-state index contributed by atoms with van der Waals surface area (Å²) in [6.45, 7) is 21.8. The zero-order chi connectivity index (χ0) is 26.0. The summed E-state index contributed by atoms with van der Waals surface area (Å²) in [5.41, 5.74) is 8.32. The van der Waals surface area contributed by atoms with Gasteiger partial charge in [0.1, 0.15) is 0 Å². The fraction of sp³-hybridized carbons (Fsp3) is 0.771. The van der Waals surface area contributed by atoms with Gasteiger partial charge >= 0.3 is 0 Å². The van der Waals surface area contributed by atoms with Crippen molar-refractivity contribution < 1.29 is 0 Å². The van der Waals surface area contributed by atoms with Crippen molar-refractivity contribution in [3.63, 3.8) is 0 Å². The second-order valence-corrected chi connectivity index (χ2v) is 13.3. The van der Waals surface area contributed by atoms with E-state index in [-0.39, 0.29) is 0 Å². The lowest BCUT2D eigenvalue weighted by Gasteiger charge is -2.27. The lowest BCUT2D eigenvalue weighted by molar-refractivity contribution is 0.375. The highest BCUT2D eigenvalue weighted by Crippen LogP contribution is 2.34. The van der Waals surface area contributed by atoms with E-state index in [0.29, 0.717) is 5.92 Å². The van der Waals surface area contributed by atoms with Crippen LogP contribution in [0, 0.1) is 29.6 Å². The molecule has 1 aliphatic carbocycles. The first kappa shape index (κ1) is 30.2. The molecule has 0 amide bonds. The molecular formula is C35H60. The first-order valence-electron chi connectivity index (χ1n) is 15.4. The molecule has 0 heterocycles. The molecule has 0 bridgehead atoms. The van der Waals surface area contributed by atoms with Crippen LogP contribution < -0.4 is 0 Å². The Kier molecular flexibility index (Phi) is 13.2. The summed E-state index contributed by atoms with van der Waals surface area (Å²) in [5.74, 6) is 4.59. The van der Waals surface area contributed by atoms with E-state index in [4.69, 9.17) is 0 Å². The molecule has 0 heteroatoms. The number of rotatable bonds is 16. The Morgan fingerprint density at radius 3 is 2.09 bits per heavy atom. The van der Waals surface area contributed by atoms with E-state index < -0.39 is 0 Å².